The van der Waals surface area contributed by atoms with Crippen molar-refractivity contribution < 1.29 is 18.0 Å². The van der Waals surface area contributed by atoms with Crippen LogP contribution in [0.2, 0.25) is 0 Å². The van der Waals surface area contributed by atoms with Gasteiger partial charge >= 0.3 is 0 Å². The van der Waals surface area contributed by atoms with Gasteiger partial charge < -0.3 is 10.6 Å². The minimum absolute atomic E-state index is 0.0822. The molecule has 184 valence electrons. The Balaban J connectivity index is 1.55. The molecule has 2 amide bonds. The van der Waals surface area contributed by atoms with E-state index in [1.165, 1.54) is 12.1 Å². The molecule has 3 N–H and O–H groups in total. The van der Waals surface area contributed by atoms with Gasteiger partial charge in [-0.25, -0.2) is 13.1 Å². The molecule has 8 nitrogen and oxygen atoms in total. The normalized spacial score (nSPS) is 11.3. The number of nitrogens with zero attached hydrogens (tertiary/aromatic N) is 1. The lowest BCUT2D eigenvalue weighted by Gasteiger charge is -2.11. The molecule has 1 aromatic heterocycles. The first-order valence-electron chi connectivity index (χ1n) is 11.3. The summed E-state index contributed by atoms with van der Waals surface area (Å²) < 4.78 is 27.3. The first kappa shape index (κ1) is 26.1. The second-order valence-electron chi connectivity index (χ2n) is 8.50. The van der Waals surface area contributed by atoms with E-state index in [2.05, 4.69) is 20.3 Å². The Hall–Kier alpha value is -3.56. The summed E-state index contributed by atoms with van der Waals surface area (Å²) in [5.74, 6) is -0.419. The zero-order chi connectivity index (χ0) is 25.4. The van der Waals surface area contributed by atoms with Crippen LogP contribution in [0.3, 0.4) is 0 Å². The summed E-state index contributed by atoms with van der Waals surface area (Å²) in [7, 11) is -2.04. The number of benzene rings is 2. The first-order valence-corrected chi connectivity index (χ1v) is 12.8. The zero-order valence-electron chi connectivity index (χ0n) is 20.0. The highest BCUT2D eigenvalue weighted by molar-refractivity contribution is 7.89. The Kier molecular flexibility index (Phi) is 8.73. The quantitative estimate of drug-likeness (QED) is 0.401. The molecule has 35 heavy (non-hydrogen) atoms. The number of carbonyl (C=O) groups is 2. The number of aromatic nitrogens is 1. The van der Waals surface area contributed by atoms with E-state index < -0.39 is 10.0 Å². The molecule has 0 radical (unpaired) electrons. The molecule has 3 rings (SSSR count). The van der Waals surface area contributed by atoms with Gasteiger partial charge in [0.05, 0.1) is 11.3 Å². The molecular formula is C26H30N4O4S. The van der Waals surface area contributed by atoms with Crippen molar-refractivity contribution in [2.45, 2.75) is 44.2 Å². The lowest BCUT2D eigenvalue weighted by atomic mass is 10.0. The molecule has 0 fully saturated rings. The second-order valence-corrected chi connectivity index (χ2v) is 10.2. The molecule has 0 aliphatic heterocycles. The van der Waals surface area contributed by atoms with Crippen LogP contribution in [0.1, 0.15) is 46.6 Å². The van der Waals surface area contributed by atoms with Crippen molar-refractivity contribution in [3.8, 4) is 0 Å². The highest BCUT2D eigenvalue weighted by Gasteiger charge is 2.16. The molecular weight excluding hydrogens is 464 g/mol. The fourth-order valence-corrected chi connectivity index (χ4v) is 4.82. The molecule has 0 unspecified atom stereocenters. The van der Waals surface area contributed by atoms with Crippen LogP contribution in [-0.2, 0) is 34.2 Å². The van der Waals surface area contributed by atoms with Gasteiger partial charge in [0.15, 0.2) is 0 Å². The van der Waals surface area contributed by atoms with Crippen LogP contribution >= 0.6 is 0 Å². The average molecular weight is 495 g/mol. The average Bonchev–Trinajstić information content (AvgIpc) is 2.83. The van der Waals surface area contributed by atoms with E-state index in [9.17, 15) is 18.0 Å². The largest absolute Gasteiger partial charge is 0.354 e. The first-order chi connectivity index (χ1) is 16.7. The standard InChI is InChI=1S/C26H30N4O4S/c1-18(2)30-35(33,34)23-6-4-5-21(14-23)16-25(31)29-17-20-9-7-19(8-10-20)13-22-11-12-28-24(15-22)26(32)27-3/h4-12,14-15,18,30H,13,16-17H2,1-3H3,(H,27,32)(H,29,31). The van der Waals surface area contributed by atoms with Crippen molar-refractivity contribution in [1.82, 2.24) is 20.3 Å². The molecule has 0 aliphatic carbocycles. The smallest absolute Gasteiger partial charge is 0.269 e. The van der Waals surface area contributed by atoms with Gasteiger partial charge in [0.2, 0.25) is 15.9 Å². The van der Waals surface area contributed by atoms with Crippen molar-refractivity contribution >= 4 is 21.8 Å². The molecule has 2 aromatic carbocycles. The summed E-state index contributed by atoms with van der Waals surface area (Å²) in [5, 5.41) is 5.45. The van der Waals surface area contributed by atoms with Crippen molar-refractivity contribution in [1.29, 1.82) is 0 Å². The van der Waals surface area contributed by atoms with E-state index in [0.717, 1.165) is 16.7 Å². The SMILES string of the molecule is CNC(=O)c1cc(Cc2ccc(CNC(=O)Cc3cccc(S(=O)(=O)NC(C)C)c3)cc2)ccn1. The Morgan fingerprint density at radius 3 is 2.31 bits per heavy atom. The third-order valence-electron chi connectivity index (χ3n) is 5.17. The predicted octanol–water partition coefficient (Wildman–Crippen LogP) is 2.58. The number of sulfonamides is 1. The van der Waals surface area contributed by atoms with Gasteiger partial charge in [0, 0.05) is 25.8 Å². The van der Waals surface area contributed by atoms with Gasteiger partial charge in [-0.2, -0.15) is 0 Å². The van der Waals surface area contributed by atoms with Gasteiger partial charge in [-0.3, -0.25) is 14.6 Å². The summed E-state index contributed by atoms with van der Waals surface area (Å²) in [6.07, 6.45) is 2.36. The molecule has 0 aliphatic rings. The molecule has 1 heterocycles. The topological polar surface area (TPSA) is 117 Å². The van der Waals surface area contributed by atoms with Gasteiger partial charge in [0.25, 0.3) is 5.91 Å². The third kappa shape index (κ3) is 7.73. The number of hydrogen-bond donors (Lipinski definition) is 3. The summed E-state index contributed by atoms with van der Waals surface area (Å²) in [6.45, 7) is 3.87. The maximum absolute atomic E-state index is 12.4. The van der Waals surface area contributed by atoms with Crippen molar-refractivity contribution in [2.24, 2.45) is 0 Å². The number of pyridine rings is 1. The Morgan fingerprint density at radius 1 is 0.914 bits per heavy atom. The third-order valence-corrected chi connectivity index (χ3v) is 6.83. The maximum Gasteiger partial charge on any atom is 0.269 e. The van der Waals surface area contributed by atoms with Gasteiger partial charge in [-0.1, -0.05) is 36.4 Å². The Morgan fingerprint density at radius 2 is 1.63 bits per heavy atom. The van der Waals surface area contributed by atoms with E-state index in [-0.39, 0.29) is 29.2 Å². The Labute approximate surface area is 206 Å². The fraction of sp³-hybridized carbons (Fsp3) is 0.269. The summed E-state index contributed by atoms with van der Waals surface area (Å²) in [5.41, 5.74) is 4.00. The summed E-state index contributed by atoms with van der Waals surface area (Å²) in [4.78, 5) is 28.4. The summed E-state index contributed by atoms with van der Waals surface area (Å²) in [6, 6.07) is 17.7. The summed E-state index contributed by atoms with van der Waals surface area (Å²) >= 11 is 0. The molecule has 0 atom stereocenters. The van der Waals surface area contributed by atoms with E-state index >= 15 is 0 Å². The minimum atomic E-state index is -3.61. The van der Waals surface area contributed by atoms with Gasteiger partial charge in [-0.05, 0) is 66.8 Å². The monoisotopic (exact) mass is 494 g/mol. The van der Waals surface area contributed by atoms with Crippen LogP contribution in [0.5, 0.6) is 0 Å². The van der Waals surface area contributed by atoms with E-state index in [0.29, 0.717) is 24.2 Å². The van der Waals surface area contributed by atoms with E-state index in [4.69, 9.17) is 0 Å². The lowest BCUT2D eigenvalue weighted by molar-refractivity contribution is -0.120. The fourth-order valence-electron chi connectivity index (χ4n) is 3.50. The van der Waals surface area contributed by atoms with Crippen molar-refractivity contribution in [2.75, 3.05) is 7.05 Å². The number of rotatable bonds is 10. The van der Waals surface area contributed by atoms with Crippen molar-refractivity contribution in [3.05, 3.63) is 94.8 Å². The van der Waals surface area contributed by atoms with Crippen LogP contribution in [0.25, 0.3) is 0 Å². The van der Waals surface area contributed by atoms with E-state index in [1.54, 1.807) is 45.3 Å². The zero-order valence-corrected chi connectivity index (χ0v) is 20.9. The highest BCUT2D eigenvalue weighted by Crippen LogP contribution is 2.14. The highest BCUT2D eigenvalue weighted by atomic mass is 32.2. The van der Waals surface area contributed by atoms with Gasteiger partial charge in [0.1, 0.15) is 5.69 Å². The number of carbonyl (C=O) groups excluding carboxylic acids is 2. The molecule has 9 heteroatoms. The minimum Gasteiger partial charge on any atom is -0.354 e. The van der Waals surface area contributed by atoms with Crippen LogP contribution in [0.4, 0.5) is 0 Å². The van der Waals surface area contributed by atoms with Crippen LogP contribution in [-0.4, -0.2) is 38.3 Å². The Bertz CT molecular complexity index is 1290. The second kappa shape index (κ2) is 11.7. The number of nitrogens with one attached hydrogen (secondary N) is 3. The number of amides is 2. The van der Waals surface area contributed by atoms with E-state index in [1.807, 2.05) is 30.3 Å². The number of hydrogen-bond acceptors (Lipinski definition) is 5. The molecule has 0 saturated heterocycles. The predicted molar refractivity (Wildman–Crippen MR) is 134 cm³/mol. The molecule has 0 saturated carbocycles. The van der Waals surface area contributed by atoms with Crippen LogP contribution in [0.15, 0.2) is 71.8 Å². The van der Waals surface area contributed by atoms with Crippen molar-refractivity contribution in [3.63, 3.8) is 0 Å². The lowest BCUT2D eigenvalue weighted by Crippen LogP contribution is -2.30. The maximum atomic E-state index is 12.4. The molecule has 0 bridgehead atoms. The van der Waals surface area contributed by atoms with Gasteiger partial charge in [-0.15, -0.1) is 0 Å². The van der Waals surface area contributed by atoms with Crippen LogP contribution < -0.4 is 15.4 Å². The molecule has 0 spiro atoms. The molecule has 3 aromatic rings. The van der Waals surface area contributed by atoms with Crippen LogP contribution in [0, 0.1) is 0 Å².